The van der Waals surface area contributed by atoms with Crippen molar-refractivity contribution in [1.82, 2.24) is 5.32 Å². The number of aliphatic carboxylic acids is 1. The molecule has 1 amide bonds. The Balaban J connectivity index is 1.77. The topological polar surface area (TPSA) is 66.4 Å². The smallest absolute Gasteiger partial charge is 0.310 e. The molecule has 0 aromatic heterocycles. The zero-order valence-corrected chi connectivity index (χ0v) is 11.9. The van der Waals surface area contributed by atoms with Crippen molar-refractivity contribution in [2.24, 2.45) is 5.41 Å². The third kappa shape index (κ3) is 3.51. The van der Waals surface area contributed by atoms with E-state index in [1.165, 1.54) is 0 Å². The fourth-order valence-electron chi connectivity index (χ4n) is 2.48. The molecule has 1 aliphatic carbocycles. The number of nitrogens with one attached hydrogen (secondary N) is 1. The van der Waals surface area contributed by atoms with Crippen LogP contribution >= 0.6 is 11.6 Å². The summed E-state index contributed by atoms with van der Waals surface area (Å²) in [5.41, 5.74) is 0.231. The molecule has 108 valence electrons. The van der Waals surface area contributed by atoms with Crippen LogP contribution in [0, 0.1) is 5.41 Å². The van der Waals surface area contributed by atoms with Gasteiger partial charge in [-0.25, -0.2) is 0 Å². The summed E-state index contributed by atoms with van der Waals surface area (Å²) >= 11 is 5.88. The second-order valence-corrected chi connectivity index (χ2v) is 5.78. The van der Waals surface area contributed by atoms with Crippen LogP contribution in [0.2, 0.25) is 5.02 Å². The van der Waals surface area contributed by atoms with Crippen molar-refractivity contribution in [2.45, 2.75) is 32.1 Å². The van der Waals surface area contributed by atoms with Gasteiger partial charge in [0, 0.05) is 18.0 Å². The Hall–Kier alpha value is -1.55. The molecule has 1 aromatic rings. The molecule has 5 heteroatoms. The quantitative estimate of drug-likeness (QED) is 0.848. The van der Waals surface area contributed by atoms with Crippen LogP contribution in [0.3, 0.4) is 0 Å². The standard InChI is InChI=1S/C15H18ClNO3/c16-12-4-1-3-11(9-12)5-8-17-13(18)10-15(14(19)20)6-2-7-15/h1,3-4,9H,2,5-8,10H2,(H,17,18)(H,19,20). The van der Waals surface area contributed by atoms with Crippen molar-refractivity contribution < 1.29 is 14.7 Å². The van der Waals surface area contributed by atoms with E-state index in [2.05, 4.69) is 5.32 Å². The number of carboxylic acids is 1. The lowest BCUT2D eigenvalue weighted by molar-refractivity contribution is -0.157. The summed E-state index contributed by atoms with van der Waals surface area (Å²) in [5.74, 6) is -1.04. The normalized spacial score (nSPS) is 16.2. The summed E-state index contributed by atoms with van der Waals surface area (Å²) in [7, 11) is 0. The lowest BCUT2D eigenvalue weighted by atomic mass is 9.66. The highest BCUT2D eigenvalue weighted by Gasteiger charge is 2.45. The minimum absolute atomic E-state index is 0.0812. The van der Waals surface area contributed by atoms with Crippen LogP contribution in [-0.2, 0) is 16.0 Å². The molecular weight excluding hydrogens is 278 g/mol. The number of halogens is 1. The van der Waals surface area contributed by atoms with E-state index in [4.69, 9.17) is 11.6 Å². The molecule has 0 aliphatic heterocycles. The Bertz CT molecular complexity index is 512. The summed E-state index contributed by atoms with van der Waals surface area (Å²) in [4.78, 5) is 23.0. The molecular formula is C15H18ClNO3. The minimum Gasteiger partial charge on any atom is -0.481 e. The van der Waals surface area contributed by atoms with Crippen LogP contribution in [0.5, 0.6) is 0 Å². The number of rotatable bonds is 6. The van der Waals surface area contributed by atoms with Crippen LogP contribution < -0.4 is 5.32 Å². The zero-order chi connectivity index (χ0) is 14.6. The van der Waals surface area contributed by atoms with Gasteiger partial charge >= 0.3 is 5.97 Å². The van der Waals surface area contributed by atoms with Gasteiger partial charge in [0.25, 0.3) is 0 Å². The van der Waals surface area contributed by atoms with Crippen molar-refractivity contribution in [3.8, 4) is 0 Å². The Morgan fingerprint density at radius 1 is 1.35 bits per heavy atom. The Kier molecular flexibility index (Phi) is 4.65. The average molecular weight is 296 g/mol. The summed E-state index contributed by atoms with van der Waals surface area (Å²) in [6.07, 6.45) is 2.86. The highest BCUT2D eigenvalue weighted by molar-refractivity contribution is 6.30. The monoisotopic (exact) mass is 295 g/mol. The molecule has 1 saturated carbocycles. The van der Waals surface area contributed by atoms with E-state index in [1.807, 2.05) is 18.2 Å². The van der Waals surface area contributed by atoms with Crippen molar-refractivity contribution in [3.63, 3.8) is 0 Å². The number of carboxylic acid groups (broad SMARTS) is 1. The van der Waals surface area contributed by atoms with Crippen LogP contribution in [0.1, 0.15) is 31.2 Å². The fraction of sp³-hybridized carbons (Fsp3) is 0.467. The SMILES string of the molecule is O=C(CC1(C(=O)O)CCC1)NCCc1cccc(Cl)c1. The highest BCUT2D eigenvalue weighted by Crippen LogP contribution is 2.44. The van der Waals surface area contributed by atoms with E-state index in [9.17, 15) is 14.7 Å². The van der Waals surface area contributed by atoms with E-state index in [0.29, 0.717) is 30.8 Å². The Morgan fingerprint density at radius 2 is 2.10 bits per heavy atom. The second kappa shape index (κ2) is 6.27. The zero-order valence-electron chi connectivity index (χ0n) is 11.2. The molecule has 0 atom stereocenters. The van der Waals surface area contributed by atoms with Crippen molar-refractivity contribution in [3.05, 3.63) is 34.9 Å². The van der Waals surface area contributed by atoms with Crippen molar-refractivity contribution in [2.75, 3.05) is 6.54 Å². The summed E-state index contributed by atoms with van der Waals surface area (Å²) in [5, 5.41) is 12.6. The molecule has 0 heterocycles. The number of benzene rings is 1. The van der Waals surface area contributed by atoms with E-state index >= 15 is 0 Å². The van der Waals surface area contributed by atoms with Gasteiger partial charge in [0.2, 0.25) is 5.91 Å². The first-order valence-electron chi connectivity index (χ1n) is 6.76. The van der Waals surface area contributed by atoms with Gasteiger partial charge in [-0.3, -0.25) is 9.59 Å². The summed E-state index contributed by atoms with van der Waals surface area (Å²) < 4.78 is 0. The molecule has 20 heavy (non-hydrogen) atoms. The van der Waals surface area contributed by atoms with Gasteiger partial charge in [-0.1, -0.05) is 30.2 Å². The lowest BCUT2D eigenvalue weighted by Gasteiger charge is -2.36. The van der Waals surface area contributed by atoms with Gasteiger partial charge in [-0.15, -0.1) is 0 Å². The van der Waals surface area contributed by atoms with Crippen molar-refractivity contribution in [1.29, 1.82) is 0 Å². The molecule has 0 radical (unpaired) electrons. The minimum atomic E-state index is -0.853. The van der Waals surface area contributed by atoms with Crippen molar-refractivity contribution >= 4 is 23.5 Å². The fourth-order valence-corrected chi connectivity index (χ4v) is 2.69. The molecule has 0 unspecified atom stereocenters. The molecule has 0 bridgehead atoms. The van der Waals surface area contributed by atoms with Gasteiger partial charge in [-0.2, -0.15) is 0 Å². The lowest BCUT2D eigenvalue weighted by Crippen LogP contribution is -2.42. The van der Waals surface area contributed by atoms with Gasteiger partial charge in [0.1, 0.15) is 0 Å². The van der Waals surface area contributed by atoms with Crippen LogP contribution in [0.25, 0.3) is 0 Å². The number of hydrogen-bond donors (Lipinski definition) is 2. The highest BCUT2D eigenvalue weighted by atomic mass is 35.5. The number of carbonyl (C=O) groups is 2. The largest absolute Gasteiger partial charge is 0.481 e. The predicted octanol–water partition coefficient (Wildman–Crippen LogP) is 2.64. The number of carbonyl (C=O) groups excluding carboxylic acids is 1. The van der Waals surface area contributed by atoms with Crippen LogP contribution in [-0.4, -0.2) is 23.5 Å². The first-order valence-corrected chi connectivity index (χ1v) is 7.14. The van der Waals surface area contributed by atoms with Crippen LogP contribution in [0.15, 0.2) is 24.3 Å². The van der Waals surface area contributed by atoms with Gasteiger partial charge in [-0.05, 0) is 37.0 Å². The van der Waals surface area contributed by atoms with Gasteiger partial charge in [0.15, 0.2) is 0 Å². The van der Waals surface area contributed by atoms with E-state index in [1.54, 1.807) is 6.07 Å². The third-order valence-corrected chi connectivity index (χ3v) is 4.12. The maximum absolute atomic E-state index is 11.8. The Labute approximate surface area is 123 Å². The van der Waals surface area contributed by atoms with Gasteiger partial charge < -0.3 is 10.4 Å². The summed E-state index contributed by atoms with van der Waals surface area (Å²) in [6, 6.07) is 7.48. The second-order valence-electron chi connectivity index (χ2n) is 5.35. The molecule has 2 rings (SSSR count). The number of amides is 1. The maximum Gasteiger partial charge on any atom is 0.310 e. The van der Waals surface area contributed by atoms with Crippen LogP contribution in [0.4, 0.5) is 0 Å². The summed E-state index contributed by atoms with van der Waals surface area (Å²) in [6.45, 7) is 0.495. The molecule has 1 aliphatic rings. The average Bonchev–Trinajstić information content (AvgIpc) is 2.33. The van der Waals surface area contributed by atoms with Gasteiger partial charge in [0.05, 0.1) is 5.41 Å². The first kappa shape index (κ1) is 14.9. The first-order chi connectivity index (χ1) is 9.52. The van der Waals surface area contributed by atoms with E-state index in [-0.39, 0.29) is 12.3 Å². The molecule has 0 spiro atoms. The molecule has 1 fully saturated rings. The van der Waals surface area contributed by atoms with E-state index in [0.717, 1.165) is 12.0 Å². The maximum atomic E-state index is 11.8. The molecule has 1 aromatic carbocycles. The molecule has 2 N–H and O–H groups in total. The molecule has 0 saturated heterocycles. The Morgan fingerprint density at radius 3 is 2.65 bits per heavy atom. The predicted molar refractivity (Wildman–Crippen MR) is 76.7 cm³/mol. The van der Waals surface area contributed by atoms with E-state index < -0.39 is 11.4 Å². The number of hydrogen-bond acceptors (Lipinski definition) is 2. The molecule has 4 nitrogen and oxygen atoms in total. The third-order valence-electron chi connectivity index (χ3n) is 3.89.